The number of fused-ring (bicyclic) bond motifs is 8. The minimum absolute atomic E-state index is 0.0463. The van der Waals surface area contributed by atoms with Gasteiger partial charge in [-0.25, -0.2) is 43.2 Å². The molecule has 0 aliphatic carbocycles. The van der Waals surface area contributed by atoms with E-state index in [1.807, 2.05) is 145 Å². The molecular formula is C101H88N4O23+4. The summed E-state index contributed by atoms with van der Waals surface area (Å²) >= 11 is 0. The lowest BCUT2D eigenvalue weighted by atomic mass is 10.0. The van der Waals surface area contributed by atoms with Gasteiger partial charge in [0.2, 0.25) is 44.1 Å². The fourth-order valence-electron chi connectivity index (χ4n) is 16.1. The third kappa shape index (κ3) is 17.9. The Morgan fingerprint density at radius 3 is 0.727 bits per heavy atom. The number of phenolic OH excluding ortho intramolecular Hbond substituents is 1. The number of methoxy groups -OCH3 is 3. The summed E-state index contributed by atoms with van der Waals surface area (Å²) in [5, 5.41) is 61.4. The first-order valence-electron chi connectivity index (χ1n) is 39.9. The first kappa shape index (κ1) is 89.3. The molecule has 0 fully saturated rings. The summed E-state index contributed by atoms with van der Waals surface area (Å²) in [6.45, 7) is 13.1. The zero-order valence-electron chi connectivity index (χ0n) is 72.3. The predicted molar refractivity (Wildman–Crippen MR) is 476 cm³/mol. The van der Waals surface area contributed by atoms with Crippen LogP contribution in [0.15, 0.2) is 212 Å². The van der Waals surface area contributed by atoms with Gasteiger partial charge in [-0.3, -0.25) is 0 Å². The highest BCUT2D eigenvalue weighted by Crippen LogP contribution is 2.39. The molecule has 16 rings (SSSR count). The van der Waals surface area contributed by atoms with Gasteiger partial charge in [0.15, 0.2) is 6.61 Å². The molecule has 6 N–H and O–H groups in total. The van der Waals surface area contributed by atoms with Crippen molar-refractivity contribution in [2.75, 3.05) is 27.9 Å². The van der Waals surface area contributed by atoms with E-state index in [0.29, 0.717) is 134 Å². The van der Waals surface area contributed by atoms with Gasteiger partial charge >= 0.3 is 53.7 Å². The number of aryl methyl sites for hydroxylation is 12. The number of benzene rings is 12. The second-order valence-corrected chi connectivity index (χ2v) is 30.5. The molecule has 27 nitrogen and oxygen atoms in total. The number of aromatic nitrogens is 4. The lowest BCUT2D eigenvalue weighted by Crippen LogP contribution is -2.31. The molecule has 0 saturated heterocycles. The van der Waals surface area contributed by atoms with E-state index < -0.39 is 60.3 Å². The lowest BCUT2D eigenvalue weighted by molar-refractivity contribution is -0.617. The summed E-state index contributed by atoms with van der Waals surface area (Å²) < 4.78 is 52.8. The van der Waals surface area contributed by atoms with E-state index >= 15 is 0 Å². The number of hydrogen-bond donors (Lipinski definition) is 6. The van der Waals surface area contributed by atoms with Gasteiger partial charge in [-0.05, 0) is 227 Å². The number of pyridine rings is 4. The number of rotatable bonds is 18. The molecule has 646 valence electrons. The second kappa shape index (κ2) is 36.9. The molecule has 4 aromatic heterocycles. The van der Waals surface area contributed by atoms with Gasteiger partial charge < -0.3 is 68.5 Å². The van der Waals surface area contributed by atoms with Crippen molar-refractivity contribution in [1.29, 1.82) is 0 Å². The number of carbonyl (C=O) groups excluding carboxylic acids is 4. The van der Waals surface area contributed by atoms with E-state index in [-0.39, 0.29) is 45.1 Å². The van der Waals surface area contributed by atoms with Gasteiger partial charge in [0.25, 0.3) is 0 Å². The minimum Gasteiger partial charge on any atom is -0.508 e. The van der Waals surface area contributed by atoms with Crippen LogP contribution in [0.25, 0.3) is 87.2 Å². The molecule has 0 atom stereocenters. The Labute approximate surface area is 731 Å². The summed E-state index contributed by atoms with van der Waals surface area (Å²) in [5.41, 5.74) is 13.0. The molecule has 16 aromatic rings. The molecule has 0 aliphatic rings. The van der Waals surface area contributed by atoms with Crippen LogP contribution in [0, 0.1) is 55.4 Å². The van der Waals surface area contributed by atoms with Crippen molar-refractivity contribution >= 4 is 141 Å². The van der Waals surface area contributed by atoms with Crippen LogP contribution in [-0.4, -0.2) is 112 Å². The number of aromatic carboxylic acids is 4. The van der Waals surface area contributed by atoms with Crippen LogP contribution in [0.2, 0.25) is 0 Å². The zero-order valence-corrected chi connectivity index (χ0v) is 72.3. The van der Waals surface area contributed by atoms with Crippen LogP contribution < -0.4 is 56.2 Å². The summed E-state index contributed by atoms with van der Waals surface area (Å²) in [7, 11) is 12.3. The van der Waals surface area contributed by atoms with Crippen molar-refractivity contribution in [2.45, 2.75) is 55.4 Å². The Balaban J connectivity index is 0.000000146. The number of aliphatic carboxylic acids is 1. The lowest BCUT2D eigenvalue weighted by Gasteiger charge is -2.15. The van der Waals surface area contributed by atoms with Gasteiger partial charge in [-0.1, -0.05) is 36.4 Å². The number of carboxylic acids is 5. The highest BCUT2D eigenvalue weighted by molar-refractivity contribution is 6.17. The average Bonchev–Trinajstić information content (AvgIpc) is 0.754. The van der Waals surface area contributed by atoms with Crippen LogP contribution in [-0.2, 0) is 33.0 Å². The van der Waals surface area contributed by atoms with Crippen LogP contribution >= 0.6 is 0 Å². The topological polar surface area (TPSA) is 364 Å². The number of aromatic hydroxyl groups is 1. The molecule has 0 radical (unpaired) electrons. The quantitative estimate of drug-likeness (QED) is 0.0201. The van der Waals surface area contributed by atoms with E-state index in [0.717, 1.165) is 49.4 Å². The number of carbonyl (C=O) groups is 9. The maximum Gasteiger partial charge on any atom is 0.345 e. The second-order valence-electron chi connectivity index (χ2n) is 30.5. The number of hydrogen-bond acceptors (Lipinski definition) is 18. The predicted octanol–water partition coefficient (Wildman–Crippen LogP) is 16.6. The summed E-state index contributed by atoms with van der Waals surface area (Å²) in [6, 6.07) is 61.0. The van der Waals surface area contributed by atoms with Crippen LogP contribution in [0.4, 0.5) is 0 Å². The Hall–Kier alpha value is -16.5. The van der Waals surface area contributed by atoms with Crippen LogP contribution in [0.3, 0.4) is 0 Å². The van der Waals surface area contributed by atoms with Crippen LogP contribution in [0.1, 0.15) is 127 Å². The first-order chi connectivity index (χ1) is 61.0. The Bertz CT molecular complexity index is 7190. The Morgan fingerprint density at radius 1 is 0.266 bits per heavy atom. The molecule has 0 spiro atoms. The third-order valence-corrected chi connectivity index (χ3v) is 22.1. The maximum absolute atomic E-state index is 13.7. The number of carboxylic acid groups (broad SMARTS) is 5. The van der Waals surface area contributed by atoms with E-state index in [2.05, 4.69) is 4.57 Å². The highest BCUT2D eigenvalue weighted by atomic mass is 16.6. The van der Waals surface area contributed by atoms with Crippen molar-refractivity contribution in [3.05, 3.63) is 301 Å². The Morgan fingerprint density at radius 2 is 0.477 bits per heavy atom. The molecule has 0 bridgehead atoms. The molecule has 0 aliphatic heterocycles. The largest absolute Gasteiger partial charge is 0.508 e. The fourth-order valence-corrected chi connectivity index (χ4v) is 16.1. The molecule has 128 heavy (non-hydrogen) atoms. The standard InChI is InChI=1S/C27H23NO8.C26H23NO6.C24H19NO5.C24H19NO4/c1-14-9-16(26(31)32)10-15(2)25(14)36-27(33)24-19-11-17(34-4)5-7-21(19)28(3)22-8-6-18(12-20(22)24)35-13-23(29)30;1-14-10-16(25(28)29)11-15(2)24(14)33-26(30)23-19-12-17(31-4)6-8-21(19)27(3)22-9-7-18(32-5)13-20(22)23;1-13-10-15(23(27)28)11-14(2)22(13)30-24(29)21-17-6-4-5-7-19(17)25(3)20-9-8-16(26)12-18(20)21;1-14-12-16(23(26)27)13-15(2)22(14)29-24(28)21-17-8-4-6-10-19(17)25(3)20-11-7-5-9-18(20)21/h5-12H,13H2,1-4H3,(H-,29,30,31,32);6-13H,1-5H3;4-12H,1-3H3,(H-,26,27,28,29);4-13H,1-3H3/p+4. The van der Waals surface area contributed by atoms with Gasteiger partial charge in [-0.2, -0.15) is 18.3 Å². The normalized spacial score (nSPS) is 11.0. The summed E-state index contributed by atoms with van der Waals surface area (Å²) in [5.74, 6) is -4.15. The number of phenols is 1. The number of para-hydroxylation sites is 3. The van der Waals surface area contributed by atoms with Crippen LogP contribution in [0.5, 0.6) is 51.7 Å². The van der Waals surface area contributed by atoms with Crippen molar-refractivity contribution in [3.63, 3.8) is 0 Å². The van der Waals surface area contributed by atoms with Crippen molar-refractivity contribution in [1.82, 2.24) is 0 Å². The van der Waals surface area contributed by atoms with E-state index in [1.54, 1.807) is 130 Å². The summed E-state index contributed by atoms with van der Waals surface area (Å²) in [4.78, 5) is 110. The molecule has 0 amide bonds. The molecule has 4 heterocycles. The SMILES string of the molecule is COc1ccc2c(c1)c(C(=O)Oc1c(C)cc(C(=O)O)cc1C)c1cc(OC)ccc1[n+]2C.COc1ccc2c(c1)c(C(=O)Oc1c(C)cc(C(=O)O)cc1C)c1cc(OCC(=O)O)ccc1[n+]2C.Cc1cc(C(=O)O)cc(C)c1OC(=O)c1c2ccccc2[n+](C)c2ccc(O)cc12.Cc1cc(C(=O)O)cc(C)c1OC(=O)c1c2ccccc2[n+](C)c2ccccc12. The minimum atomic E-state index is -1.13. The zero-order chi connectivity index (χ0) is 92.3. The molecule has 0 saturated carbocycles. The third-order valence-electron chi connectivity index (χ3n) is 22.1. The number of esters is 4. The van der Waals surface area contributed by atoms with Crippen molar-refractivity contribution < 1.29 is 130 Å². The van der Waals surface area contributed by atoms with Crippen molar-refractivity contribution in [3.8, 4) is 51.7 Å². The molecule has 0 unspecified atom stereocenters. The molecule has 27 heteroatoms. The summed E-state index contributed by atoms with van der Waals surface area (Å²) in [6.07, 6.45) is 0. The van der Waals surface area contributed by atoms with Gasteiger partial charge in [0, 0.05) is 48.5 Å². The highest BCUT2D eigenvalue weighted by Gasteiger charge is 2.32. The van der Waals surface area contributed by atoms with Gasteiger partial charge in [-0.15, -0.1) is 0 Å². The Kier molecular flexibility index (Phi) is 25.8. The van der Waals surface area contributed by atoms with E-state index in [9.17, 15) is 68.7 Å². The first-order valence-corrected chi connectivity index (χ1v) is 39.9. The molecular weight excluding hydrogens is 1640 g/mol. The number of nitrogens with zero attached hydrogens (tertiary/aromatic N) is 4. The van der Waals surface area contributed by atoms with Crippen molar-refractivity contribution in [2.24, 2.45) is 28.2 Å². The van der Waals surface area contributed by atoms with E-state index in [1.165, 1.54) is 55.6 Å². The van der Waals surface area contributed by atoms with Gasteiger partial charge in [0.1, 0.15) is 79.9 Å². The molecule has 12 aromatic carbocycles. The monoisotopic (exact) mass is 1720 g/mol. The smallest absolute Gasteiger partial charge is 0.345 e. The van der Waals surface area contributed by atoms with Gasteiger partial charge in [0.05, 0.1) is 109 Å². The fraction of sp³-hybridized carbons (Fsp3) is 0.158. The van der Waals surface area contributed by atoms with E-state index in [4.69, 9.17) is 43.0 Å². The average molecular weight is 1730 g/mol. The number of ether oxygens (including phenoxy) is 8. The maximum atomic E-state index is 13.7.